The number of hydrogen-bond acceptors (Lipinski definition) is 4. The average molecular weight is 281 g/mol. The number of nitrogens with one attached hydrogen (secondary N) is 1. The van der Waals surface area contributed by atoms with Crippen molar-refractivity contribution in [2.75, 3.05) is 12.9 Å². The molecule has 0 saturated carbocycles. The number of carboxylic acids is 1. The molecule has 0 aromatic heterocycles. The van der Waals surface area contributed by atoms with Gasteiger partial charge in [0.05, 0.1) is 7.11 Å². The molecule has 1 rings (SSSR count). The molecule has 0 spiro atoms. The first-order chi connectivity index (χ1) is 9.06. The summed E-state index contributed by atoms with van der Waals surface area (Å²) in [7, 11) is 1.57. The van der Waals surface area contributed by atoms with E-state index in [1.807, 2.05) is 0 Å². The van der Waals surface area contributed by atoms with Gasteiger partial charge in [-0.3, -0.25) is 4.79 Å². The van der Waals surface area contributed by atoms with Crippen LogP contribution < -0.4 is 10.1 Å². The quantitative estimate of drug-likeness (QED) is 0.541. The normalized spacial score (nSPS) is 12.1. The van der Waals surface area contributed by atoms with Crippen molar-refractivity contribution < 1.29 is 19.4 Å². The van der Waals surface area contributed by atoms with Gasteiger partial charge >= 0.3 is 5.97 Å². The van der Waals surface area contributed by atoms with E-state index in [2.05, 4.69) is 17.9 Å². The van der Waals surface area contributed by atoms with Crippen molar-refractivity contribution in [2.24, 2.45) is 0 Å². The predicted molar refractivity (Wildman–Crippen MR) is 75.4 cm³/mol. The highest BCUT2D eigenvalue weighted by Gasteiger charge is 2.16. The maximum Gasteiger partial charge on any atom is 0.327 e. The van der Waals surface area contributed by atoms with Gasteiger partial charge < -0.3 is 15.2 Å². The Morgan fingerprint density at radius 1 is 1.42 bits per heavy atom. The highest BCUT2D eigenvalue weighted by Crippen LogP contribution is 2.12. The molecule has 0 saturated heterocycles. The fourth-order valence-corrected chi connectivity index (χ4v) is 1.54. The summed E-state index contributed by atoms with van der Waals surface area (Å²) in [4.78, 5) is 22.2. The number of carbonyl (C=O) groups is 2. The Morgan fingerprint density at radius 2 is 2.05 bits per heavy atom. The van der Waals surface area contributed by atoms with Gasteiger partial charge in [-0.25, -0.2) is 4.79 Å². The second-order valence-corrected chi connectivity index (χ2v) is 4.05. The van der Waals surface area contributed by atoms with Crippen molar-refractivity contribution >= 4 is 30.6 Å². The maximum absolute atomic E-state index is 11.5. The molecule has 5 nitrogen and oxygen atoms in total. The van der Waals surface area contributed by atoms with E-state index in [0.717, 1.165) is 11.3 Å². The van der Waals surface area contributed by atoms with Gasteiger partial charge in [-0.2, -0.15) is 12.6 Å². The third-order valence-electron chi connectivity index (χ3n) is 2.34. The van der Waals surface area contributed by atoms with Gasteiger partial charge in [0.1, 0.15) is 11.8 Å². The van der Waals surface area contributed by atoms with Crippen molar-refractivity contribution in [1.82, 2.24) is 5.32 Å². The smallest absolute Gasteiger partial charge is 0.327 e. The first kappa shape index (κ1) is 15.1. The number of rotatable bonds is 6. The molecule has 102 valence electrons. The van der Waals surface area contributed by atoms with E-state index in [1.165, 1.54) is 6.08 Å². The molecule has 0 bridgehead atoms. The summed E-state index contributed by atoms with van der Waals surface area (Å²) in [5.41, 5.74) is 0.814. The molecule has 0 heterocycles. The van der Waals surface area contributed by atoms with Crippen molar-refractivity contribution in [2.45, 2.75) is 6.04 Å². The predicted octanol–water partition coefficient (Wildman–Crippen LogP) is 1.21. The second kappa shape index (κ2) is 7.48. The van der Waals surface area contributed by atoms with E-state index in [9.17, 15) is 9.59 Å². The molecular formula is C13H15NO4S. The Balaban J connectivity index is 2.59. The molecule has 0 aliphatic rings. The van der Waals surface area contributed by atoms with Crippen LogP contribution in [0.2, 0.25) is 0 Å². The van der Waals surface area contributed by atoms with Crippen LogP contribution >= 0.6 is 12.6 Å². The number of hydrogen-bond donors (Lipinski definition) is 3. The fourth-order valence-electron chi connectivity index (χ4n) is 1.29. The summed E-state index contributed by atoms with van der Waals surface area (Å²) in [5, 5.41) is 11.1. The minimum atomic E-state index is -1.11. The van der Waals surface area contributed by atoms with Gasteiger partial charge in [0.15, 0.2) is 0 Å². The molecule has 0 aliphatic carbocycles. The Bertz CT molecular complexity index is 470. The van der Waals surface area contributed by atoms with E-state index < -0.39 is 17.9 Å². The lowest BCUT2D eigenvalue weighted by Crippen LogP contribution is -2.41. The van der Waals surface area contributed by atoms with Crippen LogP contribution in [0.15, 0.2) is 30.3 Å². The number of benzene rings is 1. The van der Waals surface area contributed by atoms with Gasteiger partial charge in [-0.1, -0.05) is 12.1 Å². The summed E-state index contributed by atoms with van der Waals surface area (Å²) in [6.45, 7) is 0. The van der Waals surface area contributed by atoms with Gasteiger partial charge in [0.25, 0.3) is 0 Å². The first-order valence-corrected chi connectivity index (χ1v) is 6.16. The van der Waals surface area contributed by atoms with Crippen molar-refractivity contribution in [3.63, 3.8) is 0 Å². The Labute approximate surface area is 116 Å². The molecule has 0 aliphatic heterocycles. The van der Waals surface area contributed by atoms with Crippen molar-refractivity contribution in [3.8, 4) is 5.75 Å². The van der Waals surface area contributed by atoms with Crippen LogP contribution in [0.5, 0.6) is 5.75 Å². The van der Waals surface area contributed by atoms with E-state index >= 15 is 0 Å². The molecule has 0 fully saturated rings. The lowest BCUT2D eigenvalue weighted by Gasteiger charge is -2.09. The highest BCUT2D eigenvalue weighted by molar-refractivity contribution is 7.80. The summed E-state index contributed by atoms with van der Waals surface area (Å²) in [6, 6.07) is 6.12. The van der Waals surface area contributed by atoms with Crippen LogP contribution in [-0.2, 0) is 9.59 Å². The Morgan fingerprint density at radius 3 is 2.53 bits per heavy atom. The molecule has 1 atom stereocenters. The standard InChI is InChI=1S/C13H15NO4S/c1-18-10-5-2-9(3-6-10)4-7-12(15)14-11(8-19)13(16)17/h2-7,11,19H,8H2,1H3,(H,14,15)(H,16,17)/b7-4+/t11-/m0/s1. The SMILES string of the molecule is COc1ccc(/C=C/C(=O)N[C@@H](CS)C(=O)O)cc1. The van der Waals surface area contributed by atoms with Crippen LogP contribution in [0.4, 0.5) is 0 Å². The molecular weight excluding hydrogens is 266 g/mol. The number of amides is 1. The zero-order valence-electron chi connectivity index (χ0n) is 10.4. The van der Waals surface area contributed by atoms with Gasteiger partial charge in [-0.05, 0) is 23.8 Å². The molecule has 19 heavy (non-hydrogen) atoms. The van der Waals surface area contributed by atoms with Crippen molar-refractivity contribution in [1.29, 1.82) is 0 Å². The van der Waals surface area contributed by atoms with E-state index in [-0.39, 0.29) is 5.75 Å². The average Bonchev–Trinajstić information content (AvgIpc) is 2.42. The molecule has 1 aromatic carbocycles. The topological polar surface area (TPSA) is 75.6 Å². The number of carboxylic acid groups (broad SMARTS) is 1. The van der Waals surface area contributed by atoms with Gasteiger partial charge in [0, 0.05) is 11.8 Å². The maximum atomic E-state index is 11.5. The van der Waals surface area contributed by atoms with Crippen LogP contribution in [0, 0.1) is 0 Å². The van der Waals surface area contributed by atoms with Crippen LogP contribution in [-0.4, -0.2) is 35.9 Å². The first-order valence-electron chi connectivity index (χ1n) is 5.53. The summed E-state index contributed by atoms with van der Waals surface area (Å²) in [6.07, 6.45) is 2.87. The minimum absolute atomic E-state index is 0.0391. The monoisotopic (exact) mass is 281 g/mol. The molecule has 6 heteroatoms. The number of ether oxygens (including phenoxy) is 1. The van der Waals surface area contributed by atoms with E-state index in [0.29, 0.717) is 0 Å². The minimum Gasteiger partial charge on any atom is -0.497 e. The third-order valence-corrected chi connectivity index (χ3v) is 2.71. The number of carbonyl (C=O) groups excluding carboxylic acids is 1. The molecule has 2 N–H and O–H groups in total. The summed E-state index contributed by atoms with van der Waals surface area (Å²) in [5.74, 6) is -0.821. The summed E-state index contributed by atoms with van der Waals surface area (Å²) >= 11 is 3.86. The molecule has 1 aromatic rings. The number of methoxy groups -OCH3 is 1. The van der Waals surface area contributed by atoms with E-state index in [1.54, 1.807) is 37.5 Å². The zero-order chi connectivity index (χ0) is 14.3. The fraction of sp³-hybridized carbons (Fsp3) is 0.231. The van der Waals surface area contributed by atoms with Gasteiger partial charge in [0.2, 0.25) is 5.91 Å². The summed E-state index contributed by atoms with van der Waals surface area (Å²) < 4.78 is 5.01. The van der Waals surface area contributed by atoms with Crippen LogP contribution in [0.1, 0.15) is 5.56 Å². The molecule has 0 unspecified atom stereocenters. The second-order valence-electron chi connectivity index (χ2n) is 3.69. The van der Waals surface area contributed by atoms with Crippen LogP contribution in [0.3, 0.4) is 0 Å². The lowest BCUT2D eigenvalue weighted by molar-refractivity contribution is -0.140. The Hall–Kier alpha value is -1.95. The third kappa shape index (κ3) is 5.05. The largest absolute Gasteiger partial charge is 0.497 e. The highest BCUT2D eigenvalue weighted by atomic mass is 32.1. The molecule has 0 radical (unpaired) electrons. The number of aliphatic carboxylic acids is 1. The number of thiol groups is 1. The zero-order valence-corrected chi connectivity index (χ0v) is 11.3. The molecule has 1 amide bonds. The lowest BCUT2D eigenvalue weighted by atomic mass is 10.2. The van der Waals surface area contributed by atoms with Gasteiger partial charge in [-0.15, -0.1) is 0 Å². The van der Waals surface area contributed by atoms with E-state index in [4.69, 9.17) is 9.84 Å². The van der Waals surface area contributed by atoms with Crippen LogP contribution in [0.25, 0.3) is 6.08 Å². The Kier molecular flexibility index (Phi) is 5.95. The van der Waals surface area contributed by atoms with Crippen molar-refractivity contribution in [3.05, 3.63) is 35.9 Å².